The van der Waals surface area contributed by atoms with Gasteiger partial charge in [0.1, 0.15) is 0 Å². The van der Waals surface area contributed by atoms with E-state index >= 15 is 0 Å². The van der Waals surface area contributed by atoms with Crippen LogP contribution in [0.1, 0.15) is 24.2 Å². The second kappa shape index (κ2) is 8.62. The Morgan fingerprint density at radius 3 is 2.18 bits per heavy atom. The number of carbonyl (C=O) groups excluding carboxylic acids is 1. The zero-order valence-corrected chi connectivity index (χ0v) is 16.9. The molecule has 1 aliphatic rings. The maximum absolute atomic E-state index is 12.6. The van der Waals surface area contributed by atoms with Crippen molar-refractivity contribution < 1.29 is 13.2 Å². The first-order valence-electron chi connectivity index (χ1n) is 9.34. The molecule has 1 saturated heterocycles. The number of anilines is 2. The molecule has 7 nitrogen and oxygen atoms in total. The van der Waals surface area contributed by atoms with Crippen LogP contribution in [0.4, 0.5) is 11.4 Å². The van der Waals surface area contributed by atoms with Gasteiger partial charge in [0.2, 0.25) is 0 Å². The largest absolute Gasteiger partial charge is 0.369 e. The molecule has 8 heteroatoms. The molecule has 3 rings (SSSR count). The van der Waals surface area contributed by atoms with Gasteiger partial charge in [-0.15, -0.1) is 0 Å². The van der Waals surface area contributed by atoms with E-state index < -0.39 is 10.0 Å². The van der Waals surface area contributed by atoms with E-state index in [1.54, 1.807) is 36.4 Å². The molecule has 0 saturated carbocycles. The SMILES string of the molecule is CC(C)NC(=O)c1ccc(NS(=O)(=O)c2ccc(N3CCNCC3)cc2)cc1. The standard InChI is InChI=1S/C20H26N4O3S/c1-15(2)22-20(25)16-3-5-17(6-4-16)23-28(26,27)19-9-7-18(8-10-19)24-13-11-21-12-14-24/h3-10,15,21,23H,11-14H2,1-2H3,(H,22,25). The molecular formula is C20H26N4O3S. The molecule has 1 heterocycles. The van der Waals surface area contributed by atoms with Gasteiger partial charge in [-0.3, -0.25) is 9.52 Å². The molecule has 1 aliphatic heterocycles. The lowest BCUT2D eigenvalue weighted by Crippen LogP contribution is -2.43. The zero-order valence-electron chi connectivity index (χ0n) is 16.1. The topological polar surface area (TPSA) is 90.5 Å². The molecule has 150 valence electrons. The minimum Gasteiger partial charge on any atom is -0.369 e. The summed E-state index contributed by atoms with van der Waals surface area (Å²) in [6.07, 6.45) is 0. The highest BCUT2D eigenvalue weighted by Crippen LogP contribution is 2.21. The molecular weight excluding hydrogens is 376 g/mol. The Labute approximate surface area is 166 Å². The third-order valence-corrected chi connectivity index (χ3v) is 5.85. The molecule has 0 spiro atoms. The van der Waals surface area contributed by atoms with Crippen LogP contribution >= 0.6 is 0 Å². The Kier molecular flexibility index (Phi) is 6.21. The summed E-state index contributed by atoms with van der Waals surface area (Å²) >= 11 is 0. The van der Waals surface area contributed by atoms with Crippen molar-refractivity contribution in [1.82, 2.24) is 10.6 Å². The van der Waals surface area contributed by atoms with Crippen molar-refractivity contribution in [2.75, 3.05) is 35.8 Å². The minimum absolute atomic E-state index is 0.0369. The molecule has 0 unspecified atom stereocenters. The van der Waals surface area contributed by atoms with Gasteiger partial charge in [0.25, 0.3) is 15.9 Å². The van der Waals surface area contributed by atoms with Gasteiger partial charge in [-0.05, 0) is 62.4 Å². The fourth-order valence-corrected chi connectivity index (χ4v) is 4.07. The number of nitrogens with one attached hydrogen (secondary N) is 3. The van der Waals surface area contributed by atoms with Crippen molar-refractivity contribution in [1.29, 1.82) is 0 Å². The van der Waals surface area contributed by atoms with Crippen molar-refractivity contribution in [2.45, 2.75) is 24.8 Å². The van der Waals surface area contributed by atoms with Crippen LogP contribution in [0.2, 0.25) is 0 Å². The average molecular weight is 403 g/mol. The number of sulfonamides is 1. The van der Waals surface area contributed by atoms with E-state index in [1.807, 2.05) is 26.0 Å². The summed E-state index contributed by atoms with van der Waals surface area (Å²) in [4.78, 5) is 14.4. The lowest BCUT2D eigenvalue weighted by atomic mass is 10.2. The van der Waals surface area contributed by atoms with E-state index in [-0.39, 0.29) is 16.8 Å². The fraction of sp³-hybridized carbons (Fsp3) is 0.350. The van der Waals surface area contributed by atoms with Gasteiger partial charge in [0.15, 0.2) is 0 Å². The van der Waals surface area contributed by atoms with Gasteiger partial charge in [-0.1, -0.05) is 0 Å². The van der Waals surface area contributed by atoms with Crippen LogP contribution in [0, 0.1) is 0 Å². The first-order chi connectivity index (χ1) is 13.3. The molecule has 2 aromatic rings. The molecule has 0 aliphatic carbocycles. The van der Waals surface area contributed by atoms with Crippen molar-refractivity contribution in [3.8, 4) is 0 Å². The molecule has 0 atom stereocenters. The van der Waals surface area contributed by atoms with Gasteiger partial charge >= 0.3 is 0 Å². The number of piperazine rings is 1. The van der Waals surface area contributed by atoms with Gasteiger partial charge < -0.3 is 15.5 Å². The Morgan fingerprint density at radius 2 is 1.61 bits per heavy atom. The summed E-state index contributed by atoms with van der Waals surface area (Å²) in [6, 6.07) is 13.3. The van der Waals surface area contributed by atoms with Crippen molar-refractivity contribution in [3.63, 3.8) is 0 Å². The summed E-state index contributed by atoms with van der Waals surface area (Å²) in [5.74, 6) is -0.187. The van der Waals surface area contributed by atoms with Crippen molar-refractivity contribution >= 4 is 27.3 Å². The predicted octanol–water partition coefficient (Wildman–Crippen LogP) is 2.04. The predicted molar refractivity (Wildman–Crippen MR) is 111 cm³/mol. The monoisotopic (exact) mass is 402 g/mol. The van der Waals surface area contributed by atoms with Crippen LogP contribution in [0.15, 0.2) is 53.4 Å². The molecule has 0 aromatic heterocycles. The number of carbonyl (C=O) groups is 1. The summed E-state index contributed by atoms with van der Waals surface area (Å²) in [6.45, 7) is 7.42. The Balaban J connectivity index is 1.68. The highest BCUT2D eigenvalue weighted by Gasteiger charge is 2.16. The van der Waals surface area contributed by atoms with E-state index in [2.05, 4.69) is 20.3 Å². The van der Waals surface area contributed by atoms with E-state index in [9.17, 15) is 13.2 Å². The number of nitrogens with zero attached hydrogens (tertiary/aromatic N) is 1. The molecule has 0 bridgehead atoms. The molecule has 3 N–H and O–H groups in total. The van der Waals surface area contributed by atoms with Crippen molar-refractivity contribution in [3.05, 3.63) is 54.1 Å². The lowest BCUT2D eigenvalue weighted by molar-refractivity contribution is 0.0943. The smallest absolute Gasteiger partial charge is 0.261 e. The second-order valence-corrected chi connectivity index (χ2v) is 8.72. The Bertz CT molecular complexity index is 903. The van der Waals surface area contributed by atoms with Crippen LogP contribution in [-0.2, 0) is 10.0 Å². The summed E-state index contributed by atoms with van der Waals surface area (Å²) in [7, 11) is -3.69. The van der Waals surface area contributed by atoms with E-state index in [1.165, 1.54) is 0 Å². The Hall–Kier alpha value is -2.58. The van der Waals surface area contributed by atoms with Gasteiger partial charge in [-0.25, -0.2) is 8.42 Å². The normalized spacial score (nSPS) is 14.8. The number of hydrogen-bond acceptors (Lipinski definition) is 5. The molecule has 1 fully saturated rings. The first kappa shape index (κ1) is 20.2. The quantitative estimate of drug-likeness (QED) is 0.688. The molecule has 1 amide bonds. The minimum atomic E-state index is -3.69. The maximum Gasteiger partial charge on any atom is 0.261 e. The third-order valence-electron chi connectivity index (χ3n) is 4.45. The van der Waals surface area contributed by atoms with Crippen LogP contribution in [0.3, 0.4) is 0 Å². The number of rotatable bonds is 6. The summed E-state index contributed by atoms with van der Waals surface area (Å²) < 4.78 is 27.8. The van der Waals surface area contributed by atoms with Crippen LogP contribution < -0.4 is 20.3 Å². The fourth-order valence-electron chi connectivity index (χ4n) is 3.01. The highest BCUT2D eigenvalue weighted by atomic mass is 32.2. The van der Waals surface area contributed by atoms with Crippen LogP contribution in [0.5, 0.6) is 0 Å². The van der Waals surface area contributed by atoms with Crippen LogP contribution in [0.25, 0.3) is 0 Å². The van der Waals surface area contributed by atoms with E-state index in [0.29, 0.717) is 11.3 Å². The lowest BCUT2D eigenvalue weighted by Gasteiger charge is -2.29. The second-order valence-electron chi connectivity index (χ2n) is 7.04. The average Bonchev–Trinajstić information content (AvgIpc) is 2.68. The Morgan fingerprint density at radius 1 is 1.00 bits per heavy atom. The third kappa shape index (κ3) is 5.02. The van der Waals surface area contributed by atoms with Gasteiger partial charge in [-0.2, -0.15) is 0 Å². The van der Waals surface area contributed by atoms with Gasteiger partial charge in [0, 0.05) is 49.2 Å². The number of hydrogen-bond donors (Lipinski definition) is 3. The molecule has 28 heavy (non-hydrogen) atoms. The summed E-state index contributed by atoms with van der Waals surface area (Å²) in [5.41, 5.74) is 1.91. The number of amides is 1. The van der Waals surface area contributed by atoms with Crippen LogP contribution in [-0.4, -0.2) is 46.5 Å². The van der Waals surface area contributed by atoms with E-state index in [4.69, 9.17) is 0 Å². The van der Waals surface area contributed by atoms with Crippen molar-refractivity contribution in [2.24, 2.45) is 0 Å². The maximum atomic E-state index is 12.6. The summed E-state index contributed by atoms with van der Waals surface area (Å²) in [5, 5.41) is 6.09. The zero-order chi connectivity index (χ0) is 20.1. The molecule has 2 aromatic carbocycles. The first-order valence-corrected chi connectivity index (χ1v) is 10.8. The highest BCUT2D eigenvalue weighted by molar-refractivity contribution is 7.92. The van der Waals surface area contributed by atoms with E-state index in [0.717, 1.165) is 31.9 Å². The molecule has 0 radical (unpaired) electrons. The number of benzene rings is 2. The van der Waals surface area contributed by atoms with Gasteiger partial charge in [0.05, 0.1) is 4.90 Å².